The van der Waals surface area contributed by atoms with Gasteiger partial charge in [0, 0.05) is 23.8 Å². The van der Waals surface area contributed by atoms with E-state index in [0.29, 0.717) is 22.9 Å². The van der Waals surface area contributed by atoms with Gasteiger partial charge in [-0.3, -0.25) is 0 Å². The summed E-state index contributed by atoms with van der Waals surface area (Å²) < 4.78 is 0. The first kappa shape index (κ1) is 14.3. The van der Waals surface area contributed by atoms with Crippen LogP contribution in [0.5, 0.6) is 0 Å². The Hall–Kier alpha value is -2.08. The van der Waals surface area contributed by atoms with Crippen molar-refractivity contribution in [2.24, 2.45) is 0 Å². The topological polar surface area (TPSA) is 74.8 Å². The van der Waals surface area contributed by atoms with Crippen molar-refractivity contribution in [3.05, 3.63) is 29.3 Å². The molecule has 0 radical (unpaired) electrons. The normalized spacial score (nSPS) is 10.2. The number of hydrogen-bond acceptors (Lipinski definition) is 6. The molecule has 7 heteroatoms. The second-order valence-corrected chi connectivity index (χ2v) is 4.44. The summed E-state index contributed by atoms with van der Waals surface area (Å²) in [4.78, 5) is 12.9. The Kier molecular flexibility index (Phi) is 4.95. The van der Waals surface area contributed by atoms with Gasteiger partial charge in [-0.25, -0.2) is 0 Å². The predicted molar refractivity (Wildman–Crippen MR) is 82.9 cm³/mol. The van der Waals surface area contributed by atoms with E-state index < -0.39 is 0 Å². The lowest BCUT2D eigenvalue weighted by atomic mass is 10.3. The highest BCUT2D eigenvalue weighted by Gasteiger charge is 2.05. The van der Waals surface area contributed by atoms with Gasteiger partial charge in [0.1, 0.15) is 0 Å². The zero-order chi connectivity index (χ0) is 14.4. The molecule has 0 fully saturated rings. The molecule has 6 nitrogen and oxygen atoms in total. The second kappa shape index (κ2) is 6.91. The number of benzene rings is 1. The molecule has 0 saturated heterocycles. The van der Waals surface area contributed by atoms with Crippen LogP contribution >= 0.6 is 11.6 Å². The molecular formula is C13H17ClN6. The Morgan fingerprint density at radius 3 is 1.85 bits per heavy atom. The minimum atomic E-state index is 0.481. The summed E-state index contributed by atoms with van der Waals surface area (Å²) in [5.41, 5.74) is 0.866. The lowest BCUT2D eigenvalue weighted by Gasteiger charge is -2.09. The van der Waals surface area contributed by atoms with E-state index >= 15 is 0 Å². The Bertz CT molecular complexity index is 533. The summed E-state index contributed by atoms with van der Waals surface area (Å²) in [6.45, 7) is 5.47. The quantitative estimate of drug-likeness (QED) is 0.759. The van der Waals surface area contributed by atoms with E-state index in [0.717, 1.165) is 18.8 Å². The highest BCUT2D eigenvalue weighted by Crippen LogP contribution is 2.18. The molecule has 20 heavy (non-hydrogen) atoms. The first-order chi connectivity index (χ1) is 9.71. The summed E-state index contributed by atoms with van der Waals surface area (Å²) in [6, 6.07) is 7.35. The van der Waals surface area contributed by atoms with Gasteiger partial charge in [0.2, 0.25) is 17.8 Å². The third-order valence-corrected chi connectivity index (χ3v) is 2.66. The van der Waals surface area contributed by atoms with Crippen LogP contribution in [-0.4, -0.2) is 28.0 Å². The number of rotatable bonds is 6. The molecule has 3 N–H and O–H groups in total. The summed E-state index contributed by atoms with van der Waals surface area (Å²) in [5, 5.41) is 9.97. The minimum absolute atomic E-state index is 0.481. The summed E-state index contributed by atoms with van der Waals surface area (Å²) >= 11 is 5.86. The number of hydrogen-bond donors (Lipinski definition) is 3. The van der Waals surface area contributed by atoms with Crippen molar-refractivity contribution < 1.29 is 0 Å². The molecule has 106 valence electrons. The number of halogens is 1. The van der Waals surface area contributed by atoms with Gasteiger partial charge in [0.15, 0.2) is 0 Å². The van der Waals surface area contributed by atoms with Gasteiger partial charge in [-0.1, -0.05) is 11.6 Å². The highest BCUT2D eigenvalue weighted by atomic mass is 35.5. The van der Waals surface area contributed by atoms with Crippen LogP contribution in [0.15, 0.2) is 24.3 Å². The fraction of sp³-hybridized carbons (Fsp3) is 0.308. The SMILES string of the molecule is CCNc1nc(NCC)nc(Nc2ccc(Cl)cc2)n1. The summed E-state index contributed by atoms with van der Waals surface area (Å²) in [5.74, 6) is 1.55. The molecule has 0 saturated carbocycles. The molecule has 0 aliphatic carbocycles. The van der Waals surface area contributed by atoms with E-state index in [9.17, 15) is 0 Å². The average Bonchev–Trinajstić information content (AvgIpc) is 2.42. The van der Waals surface area contributed by atoms with Crippen LogP contribution in [0.1, 0.15) is 13.8 Å². The molecule has 0 aliphatic rings. The van der Waals surface area contributed by atoms with Crippen molar-refractivity contribution in [3.8, 4) is 0 Å². The van der Waals surface area contributed by atoms with Crippen LogP contribution in [0.4, 0.5) is 23.5 Å². The van der Waals surface area contributed by atoms with E-state index in [4.69, 9.17) is 11.6 Å². The van der Waals surface area contributed by atoms with Gasteiger partial charge in [0.25, 0.3) is 0 Å². The number of anilines is 4. The second-order valence-electron chi connectivity index (χ2n) is 4.00. The molecule has 0 bridgehead atoms. The van der Waals surface area contributed by atoms with Crippen LogP contribution in [0.3, 0.4) is 0 Å². The molecule has 1 aromatic carbocycles. The van der Waals surface area contributed by atoms with E-state index in [1.165, 1.54) is 0 Å². The zero-order valence-corrected chi connectivity index (χ0v) is 12.2. The van der Waals surface area contributed by atoms with Crippen LogP contribution in [0, 0.1) is 0 Å². The first-order valence-electron chi connectivity index (χ1n) is 6.47. The molecule has 0 amide bonds. The largest absolute Gasteiger partial charge is 0.354 e. The lowest BCUT2D eigenvalue weighted by Crippen LogP contribution is -2.10. The molecule has 0 unspecified atom stereocenters. The predicted octanol–water partition coefficient (Wildman–Crippen LogP) is 3.13. The van der Waals surface area contributed by atoms with Crippen molar-refractivity contribution in [2.75, 3.05) is 29.0 Å². The number of nitrogens with one attached hydrogen (secondary N) is 3. The maximum Gasteiger partial charge on any atom is 0.233 e. The first-order valence-corrected chi connectivity index (χ1v) is 6.85. The molecule has 0 aliphatic heterocycles. The van der Waals surface area contributed by atoms with Crippen molar-refractivity contribution in [1.29, 1.82) is 0 Å². The molecule has 1 heterocycles. The van der Waals surface area contributed by atoms with Crippen LogP contribution < -0.4 is 16.0 Å². The highest BCUT2D eigenvalue weighted by molar-refractivity contribution is 6.30. The maximum atomic E-state index is 5.86. The summed E-state index contributed by atoms with van der Waals surface area (Å²) in [7, 11) is 0. The third kappa shape index (κ3) is 3.96. The van der Waals surface area contributed by atoms with Crippen LogP contribution in [-0.2, 0) is 0 Å². The van der Waals surface area contributed by atoms with E-state index in [1.807, 2.05) is 38.1 Å². The fourth-order valence-corrected chi connectivity index (χ4v) is 1.69. The average molecular weight is 293 g/mol. The van der Waals surface area contributed by atoms with Gasteiger partial charge < -0.3 is 16.0 Å². The Balaban J connectivity index is 2.22. The monoisotopic (exact) mass is 292 g/mol. The van der Waals surface area contributed by atoms with Crippen molar-refractivity contribution in [2.45, 2.75) is 13.8 Å². The molecule has 0 atom stereocenters. The molecule has 0 spiro atoms. The van der Waals surface area contributed by atoms with E-state index in [-0.39, 0.29) is 0 Å². The smallest absolute Gasteiger partial charge is 0.233 e. The van der Waals surface area contributed by atoms with Crippen molar-refractivity contribution >= 4 is 35.1 Å². The van der Waals surface area contributed by atoms with Crippen LogP contribution in [0.25, 0.3) is 0 Å². The van der Waals surface area contributed by atoms with Gasteiger partial charge in [-0.2, -0.15) is 15.0 Å². The van der Waals surface area contributed by atoms with Gasteiger partial charge >= 0.3 is 0 Å². The zero-order valence-electron chi connectivity index (χ0n) is 11.4. The Labute approximate surface area is 123 Å². The summed E-state index contributed by atoms with van der Waals surface area (Å²) in [6.07, 6.45) is 0. The van der Waals surface area contributed by atoms with Gasteiger partial charge in [-0.05, 0) is 38.1 Å². The van der Waals surface area contributed by atoms with Crippen molar-refractivity contribution in [1.82, 2.24) is 15.0 Å². The van der Waals surface area contributed by atoms with Gasteiger partial charge in [0.05, 0.1) is 0 Å². The standard InChI is InChI=1S/C13H17ClN6/c1-3-15-11-18-12(16-4-2)20-13(19-11)17-10-7-5-9(14)6-8-10/h5-8H,3-4H2,1-2H3,(H3,15,16,17,18,19,20). The Morgan fingerprint density at radius 2 is 1.35 bits per heavy atom. The molecule has 2 aromatic rings. The number of nitrogens with zero attached hydrogens (tertiary/aromatic N) is 3. The molecular weight excluding hydrogens is 276 g/mol. The Morgan fingerprint density at radius 1 is 0.850 bits per heavy atom. The number of aromatic nitrogens is 3. The molecule has 1 aromatic heterocycles. The van der Waals surface area contributed by atoms with Crippen molar-refractivity contribution in [3.63, 3.8) is 0 Å². The lowest BCUT2D eigenvalue weighted by molar-refractivity contribution is 1.00. The fourth-order valence-electron chi connectivity index (χ4n) is 1.57. The third-order valence-electron chi connectivity index (χ3n) is 2.41. The van der Waals surface area contributed by atoms with E-state index in [1.54, 1.807) is 0 Å². The van der Waals surface area contributed by atoms with Crippen LogP contribution in [0.2, 0.25) is 5.02 Å². The maximum absolute atomic E-state index is 5.86. The van der Waals surface area contributed by atoms with E-state index in [2.05, 4.69) is 30.9 Å². The van der Waals surface area contributed by atoms with Gasteiger partial charge in [-0.15, -0.1) is 0 Å². The minimum Gasteiger partial charge on any atom is -0.354 e. The molecule has 2 rings (SSSR count).